The maximum atomic E-state index is 14.0. The highest BCUT2D eigenvalue weighted by molar-refractivity contribution is 7.13. The number of aliphatic carboxylic acids is 1. The van der Waals surface area contributed by atoms with Crippen molar-refractivity contribution in [1.29, 1.82) is 0 Å². The van der Waals surface area contributed by atoms with Gasteiger partial charge in [0.2, 0.25) is 5.91 Å². The average molecular weight is 673 g/mol. The Morgan fingerprint density at radius 1 is 1.08 bits per heavy atom. The number of allylic oxidation sites excluding steroid dienone is 2. The highest BCUT2D eigenvalue weighted by atomic mass is 32.1. The number of aromatic nitrogens is 3. The van der Waals surface area contributed by atoms with Crippen LogP contribution < -0.4 is 4.74 Å². The summed E-state index contributed by atoms with van der Waals surface area (Å²) in [5.74, 6) is -0.993. The van der Waals surface area contributed by atoms with Crippen molar-refractivity contribution in [1.82, 2.24) is 19.4 Å². The van der Waals surface area contributed by atoms with E-state index in [0.717, 1.165) is 53.7 Å². The molecule has 0 radical (unpaired) electrons. The van der Waals surface area contributed by atoms with Crippen LogP contribution in [0.5, 0.6) is 6.01 Å². The van der Waals surface area contributed by atoms with Crippen molar-refractivity contribution < 1.29 is 24.2 Å². The number of carboxylic acids is 1. The first kappa shape index (κ1) is 33.0. The number of ketones is 1. The lowest BCUT2D eigenvalue weighted by Gasteiger charge is -2.27. The molecule has 9 nitrogen and oxygen atoms in total. The first-order chi connectivity index (χ1) is 23.2. The second-order valence-corrected chi connectivity index (χ2v) is 15.8. The Balaban J connectivity index is 1.18. The molecule has 7 rings (SSSR count). The minimum Gasteiger partial charge on any atom is -0.481 e. The smallest absolute Gasteiger partial charge is 0.310 e. The molecule has 0 unspecified atom stereocenters. The number of Topliss-reactive ketones (excluding diaryl/α,β-unsaturated/α-hetero) is 1. The highest BCUT2D eigenvalue weighted by Crippen LogP contribution is 2.57. The predicted octanol–water partition coefficient (Wildman–Crippen LogP) is 7.95. The number of hydrogen-bond acceptors (Lipinski definition) is 7. The Hall–Kier alpha value is -3.53. The summed E-state index contributed by atoms with van der Waals surface area (Å²) in [5, 5.41) is 13.4. The first-order valence-electron chi connectivity index (χ1n) is 18.0. The molecule has 2 saturated carbocycles. The molecule has 2 aromatic heterocycles. The van der Waals surface area contributed by atoms with Crippen molar-refractivity contribution >= 4 is 40.0 Å². The maximum Gasteiger partial charge on any atom is 0.310 e. The van der Waals surface area contributed by atoms with Gasteiger partial charge in [-0.15, -0.1) is 11.3 Å². The molecule has 0 bridgehead atoms. The Labute approximate surface area is 286 Å². The van der Waals surface area contributed by atoms with Gasteiger partial charge >= 0.3 is 5.97 Å². The molecule has 2 aliphatic carbocycles. The molecule has 1 N–H and O–H groups in total. The average Bonchev–Trinajstić information content (AvgIpc) is 3.65. The third kappa shape index (κ3) is 6.21. The van der Waals surface area contributed by atoms with E-state index in [1.165, 1.54) is 31.4 Å². The Morgan fingerprint density at radius 2 is 1.88 bits per heavy atom. The van der Waals surface area contributed by atoms with Crippen molar-refractivity contribution in [3.63, 3.8) is 0 Å². The predicted molar refractivity (Wildman–Crippen MR) is 186 cm³/mol. The van der Waals surface area contributed by atoms with Crippen molar-refractivity contribution in [3.05, 3.63) is 41.4 Å². The second kappa shape index (κ2) is 13.4. The number of carboxylic acid groups (broad SMARTS) is 1. The monoisotopic (exact) mass is 672 g/mol. The number of amides is 1. The standard InChI is InChI=1S/C38H48N4O5S/c1-23(2)42-30-17-11-16-28(34-39-29(22-48-34)25-13-9-10-14-25)33(30)40-37(42)47-27-18-31-32(43)20-38(36(45)46)19-26(38)15-8-6-4-5-7-12-24(3)35(44)41(31)21-27/h8,11,15-17,22-27,31H,4-7,9-10,12-14,18-21H2,1-3H3,(H,45,46)/b15-8-/t24-,26+,27+,31-,38+/m0/s1. The number of thiazole rings is 1. The van der Waals surface area contributed by atoms with Gasteiger partial charge in [0.25, 0.3) is 6.01 Å². The normalized spacial score (nSPS) is 29.5. The van der Waals surface area contributed by atoms with E-state index in [1.807, 2.05) is 19.1 Å². The van der Waals surface area contributed by atoms with E-state index in [-0.39, 0.29) is 42.5 Å². The van der Waals surface area contributed by atoms with Gasteiger partial charge in [-0.1, -0.05) is 50.8 Å². The molecule has 1 amide bonds. The van der Waals surface area contributed by atoms with Gasteiger partial charge in [0.1, 0.15) is 16.6 Å². The summed E-state index contributed by atoms with van der Waals surface area (Å²) < 4.78 is 8.77. The third-order valence-corrected chi connectivity index (χ3v) is 12.2. The van der Waals surface area contributed by atoms with Crippen molar-refractivity contribution in [2.24, 2.45) is 17.3 Å². The molecule has 4 aliphatic rings. The van der Waals surface area contributed by atoms with Gasteiger partial charge in [-0.2, -0.15) is 4.98 Å². The number of imidazole rings is 1. The van der Waals surface area contributed by atoms with E-state index in [9.17, 15) is 19.5 Å². The molecular weight excluding hydrogens is 625 g/mol. The summed E-state index contributed by atoms with van der Waals surface area (Å²) >= 11 is 1.67. The van der Waals surface area contributed by atoms with Crippen LogP contribution in [0.1, 0.15) is 115 Å². The number of ether oxygens (including phenoxy) is 1. The first-order valence-corrected chi connectivity index (χ1v) is 18.9. The van der Waals surface area contributed by atoms with Crippen molar-refractivity contribution in [3.8, 4) is 16.6 Å². The van der Waals surface area contributed by atoms with Crippen LogP contribution in [-0.4, -0.2) is 60.9 Å². The molecule has 256 valence electrons. The van der Waals surface area contributed by atoms with Crippen LogP contribution in [0, 0.1) is 17.3 Å². The number of fused-ring (bicyclic) bond motifs is 3. The third-order valence-electron chi connectivity index (χ3n) is 11.3. The summed E-state index contributed by atoms with van der Waals surface area (Å²) in [4.78, 5) is 52.1. The minimum absolute atomic E-state index is 0.0503. The Morgan fingerprint density at radius 3 is 2.65 bits per heavy atom. The Bertz CT molecular complexity index is 1720. The fraction of sp³-hybridized carbons (Fsp3) is 0.605. The van der Waals surface area contributed by atoms with Gasteiger partial charge in [-0.3, -0.25) is 19.0 Å². The zero-order valence-electron chi connectivity index (χ0n) is 28.4. The van der Waals surface area contributed by atoms with Crippen LogP contribution in [0.15, 0.2) is 35.7 Å². The van der Waals surface area contributed by atoms with Gasteiger partial charge in [0, 0.05) is 41.7 Å². The molecule has 4 heterocycles. The Kier molecular flexibility index (Phi) is 9.22. The topological polar surface area (TPSA) is 115 Å². The zero-order valence-corrected chi connectivity index (χ0v) is 29.2. The van der Waals surface area contributed by atoms with Crippen molar-refractivity contribution in [2.75, 3.05) is 6.54 Å². The van der Waals surface area contributed by atoms with Gasteiger partial charge in [-0.25, -0.2) is 4.98 Å². The van der Waals surface area contributed by atoms with Gasteiger partial charge < -0.3 is 14.7 Å². The summed E-state index contributed by atoms with van der Waals surface area (Å²) in [6.45, 7) is 6.42. The van der Waals surface area contributed by atoms with E-state index < -0.39 is 23.5 Å². The zero-order chi connectivity index (χ0) is 33.6. The molecule has 5 atom stereocenters. The largest absolute Gasteiger partial charge is 0.481 e. The fourth-order valence-corrected chi connectivity index (χ4v) is 9.27. The van der Waals surface area contributed by atoms with Crippen LogP contribution in [0.4, 0.5) is 0 Å². The van der Waals surface area contributed by atoms with E-state index in [0.29, 0.717) is 24.8 Å². The molecule has 1 saturated heterocycles. The summed E-state index contributed by atoms with van der Waals surface area (Å²) in [6, 6.07) is 5.98. The molecular formula is C38H48N4O5S. The van der Waals surface area contributed by atoms with Gasteiger partial charge in [0.15, 0.2) is 5.78 Å². The van der Waals surface area contributed by atoms with Crippen molar-refractivity contribution in [2.45, 2.75) is 122 Å². The summed E-state index contributed by atoms with van der Waals surface area (Å²) in [5.41, 5.74) is 2.87. The van der Waals surface area contributed by atoms with Gasteiger partial charge in [-0.05, 0) is 70.4 Å². The summed E-state index contributed by atoms with van der Waals surface area (Å²) in [7, 11) is 0. The molecule has 3 fully saturated rings. The molecule has 0 spiro atoms. The fourth-order valence-electron chi connectivity index (χ4n) is 8.35. The number of rotatable bonds is 6. The van der Waals surface area contributed by atoms with Crippen LogP contribution in [-0.2, 0) is 14.4 Å². The highest BCUT2D eigenvalue weighted by Gasteiger charge is 2.61. The lowest BCUT2D eigenvalue weighted by atomic mass is 9.91. The lowest BCUT2D eigenvalue weighted by molar-refractivity contribution is -0.147. The molecule has 1 aromatic carbocycles. The molecule has 10 heteroatoms. The molecule has 2 aliphatic heterocycles. The number of benzene rings is 1. The SMILES string of the molecule is CC(C)n1c(O[C@@H]2C[C@H]3C(=O)C[C@]4(C(=O)O)C[C@H]4/C=C\CCCCC[C@H](C)C(=O)N3C2)nc2c(-c3nc(C4CCCC4)cs3)cccc21. The van der Waals surface area contributed by atoms with Crippen LogP contribution in [0.25, 0.3) is 21.6 Å². The number of hydrogen-bond donors (Lipinski definition) is 1. The van der Waals surface area contributed by atoms with E-state index in [4.69, 9.17) is 14.7 Å². The number of nitrogens with zero attached hydrogens (tertiary/aromatic N) is 4. The van der Waals surface area contributed by atoms with E-state index in [1.54, 1.807) is 16.2 Å². The van der Waals surface area contributed by atoms with Gasteiger partial charge in [0.05, 0.1) is 29.2 Å². The molecule has 3 aromatic rings. The maximum absolute atomic E-state index is 14.0. The second-order valence-electron chi connectivity index (χ2n) is 15.0. The van der Waals surface area contributed by atoms with E-state index in [2.05, 4.69) is 42.0 Å². The number of carbonyl (C=O) groups is 3. The number of carbonyl (C=O) groups excluding carboxylic acids is 2. The van der Waals surface area contributed by atoms with Crippen LogP contribution >= 0.6 is 11.3 Å². The minimum atomic E-state index is -1.08. The quantitative estimate of drug-likeness (QED) is 0.264. The van der Waals surface area contributed by atoms with E-state index >= 15 is 0 Å². The lowest BCUT2D eigenvalue weighted by Crippen LogP contribution is -2.44. The van der Waals surface area contributed by atoms with Crippen LogP contribution in [0.2, 0.25) is 0 Å². The number of para-hydroxylation sites is 1. The molecule has 48 heavy (non-hydrogen) atoms. The van der Waals surface area contributed by atoms with Crippen LogP contribution in [0.3, 0.4) is 0 Å². The summed E-state index contributed by atoms with van der Waals surface area (Å²) in [6.07, 6.45) is 13.9.